The Hall–Kier alpha value is -1.35. The zero-order valence-electron chi connectivity index (χ0n) is 7.10. The van der Waals surface area contributed by atoms with Gasteiger partial charge in [0.15, 0.2) is 0 Å². The summed E-state index contributed by atoms with van der Waals surface area (Å²) in [6.45, 7) is 0.838. The van der Waals surface area contributed by atoms with Crippen LogP contribution in [-0.4, -0.2) is 4.37 Å². The number of aromatic nitrogens is 1. The minimum atomic E-state index is 0.838. The lowest BCUT2D eigenvalue weighted by Crippen LogP contribution is -1.98. The van der Waals surface area contributed by atoms with Gasteiger partial charge in [0, 0.05) is 11.9 Å². The Bertz CT molecular complexity index is 342. The van der Waals surface area contributed by atoms with Crippen molar-refractivity contribution >= 4 is 17.4 Å². The van der Waals surface area contributed by atoms with Gasteiger partial charge in [-0.05, 0) is 23.2 Å². The first-order valence-corrected chi connectivity index (χ1v) is 4.97. The Kier molecular flexibility index (Phi) is 2.57. The highest BCUT2D eigenvalue weighted by atomic mass is 32.1. The van der Waals surface area contributed by atoms with Crippen molar-refractivity contribution < 1.29 is 0 Å². The molecule has 1 N–H and O–H groups in total. The van der Waals surface area contributed by atoms with E-state index in [1.807, 2.05) is 29.6 Å². The maximum atomic E-state index is 4.16. The molecule has 2 aromatic rings. The average molecular weight is 190 g/mol. The Morgan fingerprint density at radius 3 is 2.69 bits per heavy atom. The Morgan fingerprint density at radius 2 is 2.00 bits per heavy atom. The molecule has 0 atom stereocenters. The quantitative estimate of drug-likeness (QED) is 0.805. The molecule has 1 heterocycles. The van der Waals surface area contributed by atoms with Crippen LogP contribution in [0, 0.1) is 0 Å². The summed E-state index contributed by atoms with van der Waals surface area (Å²) < 4.78 is 4.16. The SMILES string of the molecule is c1ccc(CNc2ccsn2)cc1. The number of benzene rings is 1. The van der Waals surface area contributed by atoms with Gasteiger partial charge in [0.2, 0.25) is 0 Å². The number of nitrogens with zero attached hydrogens (tertiary/aromatic N) is 1. The predicted molar refractivity (Wildman–Crippen MR) is 55.9 cm³/mol. The molecule has 0 radical (unpaired) electrons. The lowest BCUT2D eigenvalue weighted by atomic mass is 10.2. The molecule has 66 valence electrons. The molecule has 0 spiro atoms. The van der Waals surface area contributed by atoms with Crippen molar-refractivity contribution in [1.82, 2.24) is 4.37 Å². The molecular formula is C10H10N2S. The zero-order valence-corrected chi connectivity index (χ0v) is 7.92. The van der Waals surface area contributed by atoms with Crippen LogP contribution in [0.3, 0.4) is 0 Å². The van der Waals surface area contributed by atoms with E-state index in [0.717, 1.165) is 12.4 Å². The summed E-state index contributed by atoms with van der Waals surface area (Å²) >= 11 is 1.46. The molecule has 0 unspecified atom stereocenters. The van der Waals surface area contributed by atoms with Crippen molar-refractivity contribution in [3.05, 3.63) is 47.3 Å². The number of hydrogen-bond acceptors (Lipinski definition) is 3. The van der Waals surface area contributed by atoms with Crippen LogP contribution in [0.25, 0.3) is 0 Å². The van der Waals surface area contributed by atoms with Gasteiger partial charge in [-0.15, -0.1) is 0 Å². The second kappa shape index (κ2) is 4.05. The van der Waals surface area contributed by atoms with E-state index in [4.69, 9.17) is 0 Å². The maximum Gasteiger partial charge on any atom is 0.139 e. The van der Waals surface area contributed by atoms with E-state index in [1.165, 1.54) is 17.1 Å². The van der Waals surface area contributed by atoms with Crippen molar-refractivity contribution in [3.63, 3.8) is 0 Å². The van der Waals surface area contributed by atoms with Gasteiger partial charge in [-0.1, -0.05) is 30.3 Å². The Morgan fingerprint density at radius 1 is 1.15 bits per heavy atom. The fraction of sp³-hybridized carbons (Fsp3) is 0.100. The van der Waals surface area contributed by atoms with Crippen LogP contribution in [0.1, 0.15) is 5.56 Å². The summed E-state index contributed by atoms with van der Waals surface area (Å²) in [6.07, 6.45) is 0. The lowest BCUT2D eigenvalue weighted by Gasteiger charge is -2.01. The highest BCUT2D eigenvalue weighted by Crippen LogP contribution is 2.07. The third-order valence-electron chi connectivity index (χ3n) is 1.75. The summed E-state index contributed by atoms with van der Waals surface area (Å²) in [5.74, 6) is 0.953. The topological polar surface area (TPSA) is 24.9 Å². The molecule has 0 aliphatic carbocycles. The summed E-state index contributed by atoms with van der Waals surface area (Å²) in [4.78, 5) is 0. The monoisotopic (exact) mass is 190 g/mol. The number of anilines is 1. The molecule has 0 fully saturated rings. The van der Waals surface area contributed by atoms with Gasteiger partial charge in [0.1, 0.15) is 5.82 Å². The second-order valence-corrected chi connectivity index (χ2v) is 3.39. The second-order valence-electron chi connectivity index (χ2n) is 2.72. The standard InChI is InChI=1S/C10H10N2S/c1-2-4-9(5-3-1)8-11-10-6-7-13-12-10/h1-7H,8H2,(H,11,12). The molecule has 13 heavy (non-hydrogen) atoms. The fourth-order valence-electron chi connectivity index (χ4n) is 1.09. The van der Waals surface area contributed by atoms with Gasteiger partial charge in [-0.25, -0.2) is 0 Å². The van der Waals surface area contributed by atoms with E-state index < -0.39 is 0 Å². The van der Waals surface area contributed by atoms with Crippen LogP contribution >= 0.6 is 11.5 Å². The van der Waals surface area contributed by atoms with Crippen molar-refractivity contribution in [2.75, 3.05) is 5.32 Å². The fourth-order valence-corrected chi connectivity index (χ4v) is 1.58. The van der Waals surface area contributed by atoms with Gasteiger partial charge in [0.25, 0.3) is 0 Å². The largest absolute Gasteiger partial charge is 0.365 e. The molecule has 0 saturated heterocycles. The Balaban J connectivity index is 1.94. The third kappa shape index (κ3) is 2.29. The number of nitrogens with one attached hydrogen (secondary N) is 1. The molecule has 1 aromatic heterocycles. The highest BCUT2D eigenvalue weighted by molar-refractivity contribution is 7.03. The van der Waals surface area contributed by atoms with Crippen LogP contribution in [0.15, 0.2) is 41.8 Å². The molecule has 0 bridgehead atoms. The van der Waals surface area contributed by atoms with Crippen LogP contribution < -0.4 is 5.32 Å². The van der Waals surface area contributed by atoms with Crippen molar-refractivity contribution in [3.8, 4) is 0 Å². The van der Waals surface area contributed by atoms with E-state index in [0.29, 0.717) is 0 Å². The van der Waals surface area contributed by atoms with Crippen LogP contribution in [0.4, 0.5) is 5.82 Å². The maximum absolute atomic E-state index is 4.16. The summed E-state index contributed by atoms with van der Waals surface area (Å²) in [6, 6.07) is 12.3. The van der Waals surface area contributed by atoms with E-state index in [1.54, 1.807) is 0 Å². The molecule has 0 aliphatic heterocycles. The Labute approximate surface area is 81.4 Å². The van der Waals surface area contributed by atoms with Crippen LogP contribution in [-0.2, 0) is 6.54 Å². The summed E-state index contributed by atoms with van der Waals surface area (Å²) in [5.41, 5.74) is 1.27. The minimum absolute atomic E-state index is 0.838. The number of hydrogen-bond donors (Lipinski definition) is 1. The normalized spacial score (nSPS) is 9.85. The molecular weight excluding hydrogens is 180 g/mol. The van der Waals surface area contributed by atoms with Gasteiger partial charge in [-0.2, -0.15) is 4.37 Å². The molecule has 1 aromatic carbocycles. The molecule has 0 saturated carbocycles. The van der Waals surface area contributed by atoms with Gasteiger partial charge < -0.3 is 5.32 Å². The van der Waals surface area contributed by atoms with Gasteiger partial charge in [0.05, 0.1) is 0 Å². The minimum Gasteiger partial charge on any atom is -0.365 e. The molecule has 2 nitrogen and oxygen atoms in total. The molecule has 3 heteroatoms. The van der Waals surface area contributed by atoms with E-state index >= 15 is 0 Å². The van der Waals surface area contributed by atoms with Gasteiger partial charge >= 0.3 is 0 Å². The highest BCUT2D eigenvalue weighted by Gasteiger charge is 1.93. The summed E-state index contributed by atoms with van der Waals surface area (Å²) in [7, 11) is 0. The number of rotatable bonds is 3. The smallest absolute Gasteiger partial charge is 0.139 e. The van der Waals surface area contributed by atoms with Gasteiger partial charge in [-0.3, -0.25) is 0 Å². The van der Waals surface area contributed by atoms with Crippen LogP contribution in [0.2, 0.25) is 0 Å². The first-order valence-electron chi connectivity index (χ1n) is 4.13. The lowest BCUT2D eigenvalue weighted by molar-refractivity contribution is 1.13. The van der Waals surface area contributed by atoms with E-state index in [2.05, 4.69) is 21.8 Å². The van der Waals surface area contributed by atoms with Crippen molar-refractivity contribution in [2.45, 2.75) is 6.54 Å². The molecule has 0 amide bonds. The van der Waals surface area contributed by atoms with Crippen molar-refractivity contribution in [2.24, 2.45) is 0 Å². The summed E-state index contributed by atoms with van der Waals surface area (Å²) in [5, 5.41) is 5.21. The first kappa shape index (κ1) is 8.26. The first-order chi connectivity index (χ1) is 6.45. The predicted octanol–water partition coefficient (Wildman–Crippen LogP) is 2.76. The third-order valence-corrected chi connectivity index (χ3v) is 2.31. The van der Waals surface area contributed by atoms with Crippen LogP contribution in [0.5, 0.6) is 0 Å². The molecule has 2 rings (SSSR count). The van der Waals surface area contributed by atoms with E-state index in [9.17, 15) is 0 Å². The zero-order chi connectivity index (χ0) is 8.93. The van der Waals surface area contributed by atoms with E-state index in [-0.39, 0.29) is 0 Å². The van der Waals surface area contributed by atoms with Crippen molar-refractivity contribution in [1.29, 1.82) is 0 Å². The average Bonchev–Trinajstić information content (AvgIpc) is 2.69. The molecule has 0 aliphatic rings.